The van der Waals surface area contributed by atoms with Crippen molar-refractivity contribution in [3.8, 4) is 0 Å². The molecule has 0 saturated carbocycles. The minimum Gasteiger partial charge on any atom is -0.478 e. The van der Waals surface area contributed by atoms with Crippen molar-refractivity contribution in [3.63, 3.8) is 0 Å². The summed E-state index contributed by atoms with van der Waals surface area (Å²) in [5.74, 6) is -0.871. The highest BCUT2D eigenvalue weighted by atomic mass is 32.1. The highest BCUT2D eigenvalue weighted by molar-refractivity contribution is 7.08. The standard InChI is InChI=1S/C10H13NO3S/c1-5(11-9-6(2)14-9)7-3-15-4-8(7)10(12)13/h3-6,9,11H,1-2H3,(H,12,13). The van der Waals surface area contributed by atoms with Crippen LogP contribution in [0.2, 0.25) is 0 Å². The number of hydrogen-bond acceptors (Lipinski definition) is 4. The van der Waals surface area contributed by atoms with E-state index in [4.69, 9.17) is 9.84 Å². The average Bonchev–Trinajstić information content (AvgIpc) is 2.71. The van der Waals surface area contributed by atoms with E-state index < -0.39 is 5.97 Å². The minimum atomic E-state index is -0.871. The molecule has 0 radical (unpaired) electrons. The van der Waals surface area contributed by atoms with Gasteiger partial charge in [-0.25, -0.2) is 4.79 Å². The summed E-state index contributed by atoms with van der Waals surface area (Å²) in [5, 5.41) is 15.7. The van der Waals surface area contributed by atoms with Crippen LogP contribution in [0.4, 0.5) is 0 Å². The van der Waals surface area contributed by atoms with Gasteiger partial charge in [0.2, 0.25) is 0 Å². The molecule has 2 N–H and O–H groups in total. The van der Waals surface area contributed by atoms with Crippen LogP contribution in [0.5, 0.6) is 0 Å². The largest absolute Gasteiger partial charge is 0.478 e. The Labute approximate surface area is 91.9 Å². The van der Waals surface area contributed by atoms with Crippen molar-refractivity contribution < 1.29 is 14.6 Å². The lowest BCUT2D eigenvalue weighted by atomic mass is 10.1. The summed E-state index contributed by atoms with van der Waals surface area (Å²) in [6.07, 6.45) is 0.306. The Bertz CT molecular complexity index is 376. The molecule has 3 unspecified atom stereocenters. The molecule has 15 heavy (non-hydrogen) atoms. The maximum Gasteiger partial charge on any atom is 0.336 e. The summed E-state index contributed by atoms with van der Waals surface area (Å²) < 4.78 is 5.23. The number of thiophene rings is 1. The van der Waals surface area contributed by atoms with Gasteiger partial charge in [0.1, 0.15) is 6.23 Å². The average molecular weight is 227 g/mol. The van der Waals surface area contributed by atoms with Gasteiger partial charge in [-0.15, -0.1) is 0 Å². The summed E-state index contributed by atoms with van der Waals surface area (Å²) >= 11 is 1.41. The Morgan fingerprint density at radius 1 is 1.67 bits per heavy atom. The fraction of sp³-hybridized carbons (Fsp3) is 0.500. The van der Waals surface area contributed by atoms with Crippen LogP contribution < -0.4 is 5.32 Å². The molecule has 1 aliphatic heterocycles. The molecule has 1 fully saturated rings. The molecular formula is C10H13NO3S. The third-order valence-corrected chi connectivity index (χ3v) is 3.28. The molecule has 0 spiro atoms. The maximum absolute atomic E-state index is 10.9. The molecule has 2 rings (SSSR count). The summed E-state index contributed by atoms with van der Waals surface area (Å²) in [4.78, 5) is 10.9. The SMILES string of the molecule is CC(NC1OC1C)c1cscc1C(=O)O. The second-order valence-electron chi connectivity index (χ2n) is 3.70. The smallest absolute Gasteiger partial charge is 0.336 e. The normalized spacial score (nSPS) is 26.3. The Hall–Kier alpha value is -0.910. The van der Waals surface area contributed by atoms with E-state index in [0.29, 0.717) is 5.56 Å². The van der Waals surface area contributed by atoms with Gasteiger partial charge in [0.05, 0.1) is 11.7 Å². The Morgan fingerprint density at radius 3 is 2.87 bits per heavy atom. The van der Waals surface area contributed by atoms with Gasteiger partial charge < -0.3 is 9.84 Å². The molecular weight excluding hydrogens is 214 g/mol. The highest BCUT2D eigenvalue weighted by Gasteiger charge is 2.35. The topological polar surface area (TPSA) is 61.9 Å². The van der Waals surface area contributed by atoms with Crippen LogP contribution in [0.15, 0.2) is 10.8 Å². The van der Waals surface area contributed by atoms with Crippen molar-refractivity contribution >= 4 is 17.3 Å². The minimum absolute atomic E-state index is 0.0114. The molecule has 4 nitrogen and oxygen atoms in total. The molecule has 2 heterocycles. The van der Waals surface area contributed by atoms with Crippen LogP contribution in [-0.4, -0.2) is 23.4 Å². The lowest BCUT2D eigenvalue weighted by molar-refractivity contribution is 0.0695. The van der Waals surface area contributed by atoms with Crippen LogP contribution in [-0.2, 0) is 4.74 Å². The van der Waals surface area contributed by atoms with Crippen molar-refractivity contribution in [1.82, 2.24) is 5.32 Å². The van der Waals surface area contributed by atoms with Gasteiger partial charge in [0, 0.05) is 11.4 Å². The summed E-state index contributed by atoms with van der Waals surface area (Å²) in [5.41, 5.74) is 1.21. The first-order valence-corrected chi connectivity index (χ1v) is 5.74. The fourth-order valence-corrected chi connectivity index (χ4v) is 2.43. The van der Waals surface area contributed by atoms with Crippen LogP contribution in [0.1, 0.15) is 35.8 Å². The molecule has 1 aliphatic rings. The second kappa shape index (κ2) is 3.92. The van der Waals surface area contributed by atoms with Crippen molar-refractivity contribution in [3.05, 3.63) is 21.9 Å². The first kappa shape index (κ1) is 10.6. The van der Waals surface area contributed by atoms with Crippen LogP contribution in [0.25, 0.3) is 0 Å². The zero-order valence-corrected chi connectivity index (χ0v) is 9.38. The zero-order valence-electron chi connectivity index (χ0n) is 8.56. The molecule has 5 heteroatoms. The van der Waals surface area contributed by atoms with Gasteiger partial charge in [-0.2, -0.15) is 11.3 Å². The number of aromatic carboxylic acids is 1. The van der Waals surface area contributed by atoms with Crippen LogP contribution >= 0.6 is 11.3 Å². The number of epoxide rings is 1. The molecule has 3 atom stereocenters. The fourth-order valence-electron chi connectivity index (χ4n) is 1.51. The monoisotopic (exact) mass is 227 g/mol. The Kier molecular flexibility index (Phi) is 2.77. The van der Waals surface area contributed by atoms with Gasteiger partial charge in [-0.05, 0) is 24.8 Å². The van der Waals surface area contributed by atoms with E-state index >= 15 is 0 Å². The van der Waals surface area contributed by atoms with Gasteiger partial charge in [0.25, 0.3) is 0 Å². The van der Waals surface area contributed by atoms with E-state index in [9.17, 15) is 4.79 Å². The van der Waals surface area contributed by atoms with Crippen LogP contribution in [0.3, 0.4) is 0 Å². The molecule has 0 amide bonds. The summed E-state index contributed by atoms with van der Waals surface area (Å²) in [6.45, 7) is 3.93. The lowest BCUT2D eigenvalue weighted by Crippen LogP contribution is -2.24. The molecule has 0 aliphatic carbocycles. The number of carboxylic acid groups (broad SMARTS) is 1. The van der Waals surface area contributed by atoms with E-state index in [-0.39, 0.29) is 18.4 Å². The quantitative estimate of drug-likeness (QED) is 0.770. The third-order valence-electron chi connectivity index (χ3n) is 2.51. The molecule has 0 aromatic carbocycles. The predicted octanol–water partition coefficient (Wildman–Crippen LogP) is 1.84. The first-order valence-electron chi connectivity index (χ1n) is 4.80. The Morgan fingerprint density at radius 2 is 2.33 bits per heavy atom. The molecule has 1 aromatic rings. The van der Waals surface area contributed by atoms with E-state index in [0.717, 1.165) is 5.56 Å². The van der Waals surface area contributed by atoms with E-state index in [2.05, 4.69) is 5.32 Å². The Balaban J connectivity index is 2.07. The molecule has 82 valence electrons. The van der Waals surface area contributed by atoms with Gasteiger partial charge in [-0.3, -0.25) is 5.32 Å². The molecule has 1 aromatic heterocycles. The third kappa shape index (κ3) is 2.19. The molecule has 1 saturated heterocycles. The summed E-state index contributed by atoms with van der Waals surface area (Å²) in [6, 6.07) is 0.0114. The lowest BCUT2D eigenvalue weighted by Gasteiger charge is -2.11. The van der Waals surface area contributed by atoms with Crippen molar-refractivity contribution in [2.75, 3.05) is 0 Å². The number of carboxylic acids is 1. The van der Waals surface area contributed by atoms with Crippen molar-refractivity contribution in [2.24, 2.45) is 0 Å². The predicted molar refractivity (Wildman–Crippen MR) is 57.2 cm³/mol. The van der Waals surface area contributed by atoms with Gasteiger partial charge in [0.15, 0.2) is 0 Å². The highest BCUT2D eigenvalue weighted by Crippen LogP contribution is 2.26. The number of carbonyl (C=O) groups is 1. The van der Waals surface area contributed by atoms with Gasteiger partial charge >= 0.3 is 5.97 Å². The first-order chi connectivity index (χ1) is 7.09. The number of hydrogen-bond donors (Lipinski definition) is 2. The second-order valence-corrected chi connectivity index (χ2v) is 4.44. The van der Waals surface area contributed by atoms with Crippen molar-refractivity contribution in [2.45, 2.75) is 32.2 Å². The zero-order chi connectivity index (χ0) is 11.0. The van der Waals surface area contributed by atoms with Crippen molar-refractivity contribution in [1.29, 1.82) is 0 Å². The maximum atomic E-state index is 10.9. The molecule has 0 bridgehead atoms. The number of ether oxygens (including phenoxy) is 1. The number of nitrogens with one attached hydrogen (secondary N) is 1. The number of rotatable bonds is 4. The van der Waals surface area contributed by atoms with E-state index in [1.54, 1.807) is 5.38 Å². The van der Waals surface area contributed by atoms with Crippen LogP contribution in [0, 0.1) is 0 Å². The van der Waals surface area contributed by atoms with E-state index in [1.165, 1.54) is 11.3 Å². The van der Waals surface area contributed by atoms with Gasteiger partial charge in [-0.1, -0.05) is 0 Å². The summed E-state index contributed by atoms with van der Waals surface area (Å²) in [7, 11) is 0. The van der Waals surface area contributed by atoms with E-state index in [1.807, 2.05) is 19.2 Å².